The van der Waals surface area contributed by atoms with Crippen LogP contribution < -0.4 is 4.74 Å². The first-order valence-electron chi connectivity index (χ1n) is 6.75. The Kier molecular flexibility index (Phi) is 4.06. The van der Waals surface area contributed by atoms with Gasteiger partial charge in [-0.25, -0.2) is 4.98 Å². The molecule has 0 atom stereocenters. The van der Waals surface area contributed by atoms with Crippen LogP contribution in [0.25, 0.3) is 11.2 Å². The van der Waals surface area contributed by atoms with E-state index in [1.165, 1.54) is 0 Å². The van der Waals surface area contributed by atoms with E-state index in [1.807, 2.05) is 29.1 Å². The highest BCUT2D eigenvalue weighted by Gasteiger charge is 2.12. The average Bonchev–Trinajstić information content (AvgIpc) is 3.12. The van der Waals surface area contributed by atoms with Crippen molar-refractivity contribution in [2.24, 2.45) is 0 Å². The van der Waals surface area contributed by atoms with Crippen LogP contribution in [-0.2, 0) is 19.5 Å². The number of rotatable bonds is 6. The number of ether oxygens (including phenoxy) is 1. The summed E-state index contributed by atoms with van der Waals surface area (Å²) in [4.78, 5) is 9.11. The average molecular weight is 306 g/mol. The van der Waals surface area contributed by atoms with Crippen molar-refractivity contribution in [3.8, 4) is 5.88 Å². The predicted molar refractivity (Wildman–Crippen MR) is 80.7 cm³/mol. The van der Waals surface area contributed by atoms with Gasteiger partial charge in [-0.05, 0) is 12.1 Å². The number of imidazole rings is 1. The summed E-state index contributed by atoms with van der Waals surface area (Å²) in [5.74, 6) is 2.05. The van der Waals surface area contributed by atoms with Crippen LogP contribution >= 0.6 is 11.6 Å². The lowest BCUT2D eigenvalue weighted by molar-refractivity contribution is 0.398. The summed E-state index contributed by atoms with van der Waals surface area (Å²) in [6.07, 6.45) is 4.42. The summed E-state index contributed by atoms with van der Waals surface area (Å²) in [6, 6.07) is 5.65. The van der Waals surface area contributed by atoms with Crippen LogP contribution in [0.15, 0.2) is 30.6 Å². The van der Waals surface area contributed by atoms with Gasteiger partial charge in [-0.1, -0.05) is 0 Å². The van der Waals surface area contributed by atoms with Gasteiger partial charge >= 0.3 is 0 Å². The molecule has 0 bridgehead atoms. The number of halogens is 1. The summed E-state index contributed by atoms with van der Waals surface area (Å²) in [5.41, 5.74) is 1.68. The molecule has 0 aliphatic heterocycles. The molecule has 3 rings (SSSR count). The standard InChI is InChI=1S/C14H16ClN5O/c1-21-13-4-3-11-14(18-13)20(12(17-11)5-6-15)10-9-19-8-2-7-16-19/h2-4,7-8H,5-6,9-10H2,1H3. The summed E-state index contributed by atoms with van der Waals surface area (Å²) in [7, 11) is 1.61. The molecule has 0 N–H and O–H groups in total. The van der Waals surface area contributed by atoms with Crippen LogP contribution in [-0.4, -0.2) is 37.3 Å². The molecule has 21 heavy (non-hydrogen) atoms. The monoisotopic (exact) mass is 305 g/mol. The summed E-state index contributed by atoms with van der Waals surface area (Å²) < 4.78 is 9.17. The fraction of sp³-hybridized carbons (Fsp3) is 0.357. The lowest BCUT2D eigenvalue weighted by Crippen LogP contribution is -2.11. The topological polar surface area (TPSA) is 57.8 Å². The van der Waals surface area contributed by atoms with Crippen molar-refractivity contribution in [2.75, 3.05) is 13.0 Å². The second-order valence-electron chi connectivity index (χ2n) is 4.58. The van der Waals surface area contributed by atoms with Crippen molar-refractivity contribution in [1.82, 2.24) is 24.3 Å². The van der Waals surface area contributed by atoms with E-state index in [4.69, 9.17) is 16.3 Å². The van der Waals surface area contributed by atoms with E-state index in [1.54, 1.807) is 13.3 Å². The summed E-state index contributed by atoms with van der Waals surface area (Å²) >= 11 is 5.88. The van der Waals surface area contributed by atoms with Gasteiger partial charge in [0.1, 0.15) is 11.3 Å². The second kappa shape index (κ2) is 6.13. The molecule has 0 unspecified atom stereocenters. The smallest absolute Gasteiger partial charge is 0.215 e. The Morgan fingerprint density at radius 3 is 2.86 bits per heavy atom. The zero-order chi connectivity index (χ0) is 14.7. The zero-order valence-electron chi connectivity index (χ0n) is 11.7. The van der Waals surface area contributed by atoms with Crippen molar-refractivity contribution in [3.05, 3.63) is 36.4 Å². The number of hydrogen-bond donors (Lipinski definition) is 0. The number of alkyl halides is 1. The van der Waals surface area contributed by atoms with E-state index >= 15 is 0 Å². The van der Waals surface area contributed by atoms with Crippen molar-refractivity contribution in [2.45, 2.75) is 19.5 Å². The maximum absolute atomic E-state index is 5.88. The SMILES string of the molecule is COc1ccc2nc(CCCl)n(CCn3cccn3)c2n1. The number of pyridine rings is 1. The molecule has 0 amide bonds. The fourth-order valence-electron chi connectivity index (χ4n) is 2.29. The number of aromatic nitrogens is 5. The van der Waals surface area contributed by atoms with Crippen LogP contribution in [0.2, 0.25) is 0 Å². The molecule has 0 spiro atoms. The molecule has 3 aromatic heterocycles. The molecule has 0 aromatic carbocycles. The van der Waals surface area contributed by atoms with Crippen molar-refractivity contribution < 1.29 is 4.74 Å². The summed E-state index contributed by atoms with van der Waals surface area (Å²) in [6.45, 7) is 1.50. The first kappa shape index (κ1) is 13.9. The molecule has 0 saturated heterocycles. The molecule has 3 heterocycles. The third-order valence-electron chi connectivity index (χ3n) is 3.28. The van der Waals surface area contributed by atoms with Gasteiger partial charge < -0.3 is 9.30 Å². The van der Waals surface area contributed by atoms with Gasteiger partial charge in [0, 0.05) is 37.3 Å². The number of methoxy groups -OCH3 is 1. The highest BCUT2D eigenvalue weighted by molar-refractivity contribution is 6.17. The van der Waals surface area contributed by atoms with Crippen molar-refractivity contribution in [1.29, 1.82) is 0 Å². The van der Waals surface area contributed by atoms with E-state index in [0.717, 1.165) is 30.1 Å². The zero-order valence-corrected chi connectivity index (χ0v) is 12.5. The van der Waals surface area contributed by atoms with Crippen LogP contribution in [0.3, 0.4) is 0 Å². The van der Waals surface area contributed by atoms with Crippen molar-refractivity contribution >= 4 is 22.8 Å². The molecule has 0 radical (unpaired) electrons. The van der Waals surface area contributed by atoms with E-state index in [-0.39, 0.29) is 0 Å². The molecule has 0 saturated carbocycles. The van der Waals surface area contributed by atoms with Crippen LogP contribution in [0, 0.1) is 0 Å². The number of nitrogens with zero attached hydrogens (tertiary/aromatic N) is 5. The van der Waals surface area contributed by atoms with E-state index in [2.05, 4.69) is 19.6 Å². The molecular formula is C14H16ClN5O. The number of fused-ring (bicyclic) bond motifs is 1. The van der Waals surface area contributed by atoms with Gasteiger partial charge in [-0.3, -0.25) is 4.68 Å². The van der Waals surface area contributed by atoms with Crippen LogP contribution in [0.5, 0.6) is 5.88 Å². The van der Waals surface area contributed by atoms with Gasteiger partial charge in [0.15, 0.2) is 5.65 Å². The van der Waals surface area contributed by atoms with Gasteiger partial charge in [-0.15, -0.1) is 11.6 Å². The lowest BCUT2D eigenvalue weighted by Gasteiger charge is -2.08. The minimum atomic E-state index is 0.530. The number of hydrogen-bond acceptors (Lipinski definition) is 4. The van der Waals surface area contributed by atoms with Crippen molar-refractivity contribution in [3.63, 3.8) is 0 Å². The Bertz CT molecular complexity index is 722. The third kappa shape index (κ3) is 2.85. The Morgan fingerprint density at radius 2 is 2.14 bits per heavy atom. The fourth-order valence-corrected chi connectivity index (χ4v) is 2.46. The molecule has 0 aliphatic rings. The normalized spacial score (nSPS) is 11.1. The van der Waals surface area contributed by atoms with E-state index < -0.39 is 0 Å². The Labute approximate surface area is 127 Å². The highest BCUT2D eigenvalue weighted by atomic mass is 35.5. The molecule has 0 aliphatic carbocycles. The van der Waals surface area contributed by atoms with Gasteiger partial charge in [0.25, 0.3) is 0 Å². The van der Waals surface area contributed by atoms with Crippen LogP contribution in [0.1, 0.15) is 5.82 Å². The Balaban J connectivity index is 1.97. The largest absolute Gasteiger partial charge is 0.481 e. The second-order valence-corrected chi connectivity index (χ2v) is 4.96. The molecule has 0 fully saturated rings. The van der Waals surface area contributed by atoms with Crippen LogP contribution in [0.4, 0.5) is 0 Å². The predicted octanol–water partition coefficient (Wildman–Crippen LogP) is 2.12. The Morgan fingerprint density at radius 1 is 1.24 bits per heavy atom. The molecule has 6 nitrogen and oxygen atoms in total. The summed E-state index contributed by atoms with van der Waals surface area (Å²) in [5, 5.41) is 4.22. The number of aryl methyl sites for hydroxylation is 3. The lowest BCUT2D eigenvalue weighted by atomic mass is 10.4. The highest BCUT2D eigenvalue weighted by Crippen LogP contribution is 2.19. The molecule has 110 valence electrons. The molecular weight excluding hydrogens is 290 g/mol. The minimum absolute atomic E-state index is 0.530. The maximum atomic E-state index is 5.88. The first-order valence-corrected chi connectivity index (χ1v) is 7.29. The maximum Gasteiger partial charge on any atom is 0.215 e. The van der Waals surface area contributed by atoms with Gasteiger partial charge in [0.2, 0.25) is 5.88 Å². The molecule has 3 aromatic rings. The van der Waals surface area contributed by atoms with Gasteiger partial charge in [0.05, 0.1) is 13.7 Å². The quantitative estimate of drug-likeness (QED) is 0.655. The van der Waals surface area contributed by atoms with E-state index in [9.17, 15) is 0 Å². The van der Waals surface area contributed by atoms with Gasteiger partial charge in [-0.2, -0.15) is 10.1 Å². The van der Waals surface area contributed by atoms with E-state index in [0.29, 0.717) is 18.2 Å². The Hall–Kier alpha value is -2.08. The third-order valence-corrected chi connectivity index (χ3v) is 3.47. The first-order chi connectivity index (χ1) is 10.3. The molecule has 7 heteroatoms. The minimum Gasteiger partial charge on any atom is -0.481 e.